The van der Waals surface area contributed by atoms with Crippen molar-refractivity contribution in [2.75, 3.05) is 26.2 Å². The molecule has 0 unspecified atom stereocenters. The number of benzene rings is 1. The maximum atomic E-state index is 8.90. The van der Waals surface area contributed by atoms with Gasteiger partial charge in [0.25, 0.3) is 0 Å². The van der Waals surface area contributed by atoms with E-state index in [-0.39, 0.29) is 0 Å². The summed E-state index contributed by atoms with van der Waals surface area (Å²) in [4.78, 5) is 2.48. The molecular weight excluding hydrogens is 248 g/mol. The maximum absolute atomic E-state index is 8.90. The molecule has 1 fully saturated rings. The number of nitrogens with one attached hydrogen (secondary N) is 1. The van der Waals surface area contributed by atoms with Gasteiger partial charge in [0.15, 0.2) is 0 Å². The smallest absolute Gasteiger partial charge is 0.0443 e. The molecule has 2 aliphatic heterocycles. The van der Waals surface area contributed by atoms with Crippen LogP contribution < -0.4 is 5.32 Å². The Kier molecular flexibility index (Phi) is 4.38. The van der Waals surface area contributed by atoms with Gasteiger partial charge in [0.1, 0.15) is 0 Å². The van der Waals surface area contributed by atoms with Crippen LogP contribution in [-0.4, -0.2) is 36.2 Å². The van der Waals surface area contributed by atoms with Crippen molar-refractivity contribution in [2.45, 2.75) is 25.8 Å². The van der Waals surface area contributed by atoms with Crippen LogP contribution in [0, 0.1) is 5.92 Å². The van der Waals surface area contributed by atoms with Gasteiger partial charge >= 0.3 is 0 Å². The summed E-state index contributed by atoms with van der Waals surface area (Å²) in [5, 5.41) is 12.5. The van der Waals surface area contributed by atoms with Crippen molar-refractivity contribution in [3.63, 3.8) is 0 Å². The molecule has 1 aromatic carbocycles. The van der Waals surface area contributed by atoms with E-state index in [4.69, 9.17) is 5.11 Å². The van der Waals surface area contributed by atoms with Crippen molar-refractivity contribution in [3.8, 4) is 0 Å². The molecule has 0 radical (unpaired) electrons. The molecule has 0 aliphatic carbocycles. The zero-order valence-corrected chi connectivity index (χ0v) is 12.0. The van der Waals surface area contributed by atoms with E-state index in [0.29, 0.717) is 12.5 Å². The Morgan fingerprint density at radius 1 is 1.20 bits per heavy atom. The fraction of sp³-hybridized carbons (Fsp3) is 0.529. The Morgan fingerprint density at radius 3 is 2.80 bits per heavy atom. The zero-order valence-electron chi connectivity index (χ0n) is 12.0. The largest absolute Gasteiger partial charge is 0.396 e. The Bertz CT molecular complexity index is 476. The summed E-state index contributed by atoms with van der Waals surface area (Å²) in [7, 11) is 0. The van der Waals surface area contributed by atoms with Gasteiger partial charge in [-0.3, -0.25) is 0 Å². The normalized spacial score (nSPS) is 20.1. The molecule has 1 saturated heterocycles. The summed E-state index contributed by atoms with van der Waals surface area (Å²) >= 11 is 0. The van der Waals surface area contributed by atoms with Crippen LogP contribution in [0.3, 0.4) is 0 Å². The third-order valence-electron chi connectivity index (χ3n) is 4.51. The van der Waals surface area contributed by atoms with E-state index in [1.807, 2.05) is 0 Å². The van der Waals surface area contributed by atoms with Crippen molar-refractivity contribution in [2.24, 2.45) is 5.92 Å². The van der Waals surface area contributed by atoms with E-state index in [0.717, 1.165) is 32.6 Å². The Morgan fingerprint density at radius 2 is 2.00 bits per heavy atom. The highest BCUT2D eigenvalue weighted by molar-refractivity contribution is 5.59. The molecule has 1 aromatic rings. The molecule has 0 aromatic heterocycles. The molecule has 2 heterocycles. The summed E-state index contributed by atoms with van der Waals surface area (Å²) in [6.07, 6.45) is 5.70. The van der Waals surface area contributed by atoms with E-state index in [1.54, 1.807) is 0 Å². The predicted octanol–water partition coefficient (Wildman–Crippen LogP) is 2.23. The number of likely N-dealkylation sites (tertiary alicyclic amines) is 1. The summed E-state index contributed by atoms with van der Waals surface area (Å²) in [5.74, 6) is 0.675. The van der Waals surface area contributed by atoms with Gasteiger partial charge in [-0.2, -0.15) is 0 Å². The van der Waals surface area contributed by atoms with Gasteiger partial charge in [0.2, 0.25) is 0 Å². The van der Waals surface area contributed by atoms with Gasteiger partial charge < -0.3 is 15.3 Å². The minimum absolute atomic E-state index is 0.309. The molecule has 0 amide bonds. The second-order valence-electron chi connectivity index (χ2n) is 5.85. The topological polar surface area (TPSA) is 35.5 Å². The van der Waals surface area contributed by atoms with Gasteiger partial charge in [0.05, 0.1) is 0 Å². The highest BCUT2D eigenvalue weighted by Gasteiger charge is 2.23. The summed E-state index contributed by atoms with van der Waals surface area (Å²) < 4.78 is 0. The summed E-state index contributed by atoms with van der Waals surface area (Å²) in [5.41, 5.74) is 4.20. The van der Waals surface area contributed by atoms with Crippen LogP contribution in [0.15, 0.2) is 30.0 Å². The standard InChI is InChI=1S/C17H24N2O/c20-11-3-8-19-9-6-14(7-10-19)17-12-15-4-1-2-5-16(15)13-18-17/h1-2,4-5,12,14,18,20H,3,6-11,13H2. The molecule has 108 valence electrons. The van der Waals surface area contributed by atoms with Gasteiger partial charge in [-0.25, -0.2) is 0 Å². The number of aliphatic hydroxyl groups is 1. The van der Waals surface area contributed by atoms with Crippen molar-refractivity contribution < 1.29 is 5.11 Å². The zero-order chi connectivity index (χ0) is 13.8. The van der Waals surface area contributed by atoms with Crippen LogP contribution in [0.25, 0.3) is 6.08 Å². The van der Waals surface area contributed by atoms with Crippen molar-refractivity contribution in [3.05, 3.63) is 41.1 Å². The molecule has 0 saturated carbocycles. The van der Waals surface area contributed by atoms with Gasteiger partial charge in [0, 0.05) is 31.3 Å². The van der Waals surface area contributed by atoms with E-state index in [9.17, 15) is 0 Å². The molecule has 2 N–H and O–H groups in total. The molecular formula is C17H24N2O. The lowest BCUT2D eigenvalue weighted by Gasteiger charge is -2.34. The van der Waals surface area contributed by atoms with E-state index >= 15 is 0 Å². The predicted molar refractivity (Wildman–Crippen MR) is 82.1 cm³/mol. The lowest BCUT2D eigenvalue weighted by molar-refractivity contribution is 0.176. The van der Waals surface area contributed by atoms with Gasteiger partial charge in [-0.15, -0.1) is 0 Å². The Balaban J connectivity index is 1.60. The highest BCUT2D eigenvalue weighted by atomic mass is 16.3. The van der Waals surface area contributed by atoms with Crippen molar-refractivity contribution >= 4 is 6.08 Å². The Labute approximate surface area is 121 Å². The average molecular weight is 272 g/mol. The minimum atomic E-state index is 0.309. The molecule has 2 aliphatic rings. The average Bonchev–Trinajstić information content (AvgIpc) is 2.53. The maximum Gasteiger partial charge on any atom is 0.0443 e. The Hall–Kier alpha value is -1.32. The monoisotopic (exact) mass is 272 g/mol. The molecule has 3 nitrogen and oxygen atoms in total. The number of allylic oxidation sites excluding steroid dienone is 1. The lowest BCUT2D eigenvalue weighted by atomic mass is 9.89. The first-order valence-electron chi connectivity index (χ1n) is 7.73. The van der Waals surface area contributed by atoms with Gasteiger partial charge in [-0.1, -0.05) is 24.3 Å². The SMILES string of the molecule is OCCCN1CCC(C2=Cc3ccccc3CN2)CC1. The van der Waals surface area contributed by atoms with Crippen LogP contribution in [-0.2, 0) is 6.54 Å². The number of rotatable bonds is 4. The molecule has 3 heteroatoms. The van der Waals surface area contributed by atoms with Crippen LogP contribution in [0.1, 0.15) is 30.4 Å². The molecule has 0 atom stereocenters. The van der Waals surface area contributed by atoms with E-state index < -0.39 is 0 Å². The molecule has 20 heavy (non-hydrogen) atoms. The first-order chi connectivity index (χ1) is 9.86. The van der Waals surface area contributed by atoms with Gasteiger partial charge in [-0.05, 0) is 49.6 Å². The van der Waals surface area contributed by atoms with Crippen LogP contribution in [0.5, 0.6) is 0 Å². The van der Waals surface area contributed by atoms with Crippen LogP contribution in [0.4, 0.5) is 0 Å². The lowest BCUT2D eigenvalue weighted by Crippen LogP contribution is -2.37. The number of hydrogen-bond acceptors (Lipinski definition) is 3. The van der Waals surface area contributed by atoms with Crippen molar-refractivity contribution in [1.82, 2.24) is 10.2 Å². The third-order valence-corrected chi connectivity index (χ3v) is 4.51. The number of aliphatic hydroxyl groups excluding tert-OH is 1. The van der Waals surface area contributed by atoms with E-state index in [1.165, 1.54) is 29.7 Å². The van der Waals surface area contributed by atoms with Crippen molar-refractivity contribution in [1.29, 1.82) is 0 Å². The quantitative estimate of drug-likeness (QED) is 0.882. The summed E-state index contributed by atoms with van der Waals surface area (Å²) in [6.45, 7) is 4.63. The second kappa shape index (κ2) is 6.42. The second-order valence-corrected chi connectivity index (χ2v) is 5.85. The first kappa shape index (κ1) is 13.7. The number of nitrogens with zero attached hydrogens (tertiary/aromatic N) is 1. The number of piperidine rings is 1. The number of hydrogen-bond donors (Lipinski definition) is 2. The van der Waals surface area contributed by atoms with Crippen LogP contribution >= 0.6 is 0 Å². The van der Waals surface area contributed by atoms with E-state index in [2.05, 4.69) is 40.6 Å². The highest BCUT2D eigenvalue weighted by Crippen LogP contribution is 2.28. The minimum Gasteiger partial charge on any atom is -0.396 e. The fourth-order valence-corrected chi connectivity index (χ4v) is 3.28. The third kappa shape index (κ3) is 3.05. The molecule has 0 bridgehead atoms. The summed E-state index contributed by atoms with van der Waals surface area (Å²) in [6, 6.07) is 8.65. The molecule has 3 rings (SSSR count). The first-order valence-corrected chi connectivity index (χ1v) is 7.73. The number of fused-ring (bicyclic) bond motifs is 1. The van der Waals surface area contributed by atoms with Crippen LogP contribution in [0.2, 0.25) is 0 Å². The fourth-order valence-electron chi connectivity index (χ4n) is 3.28. The molecule has 0 spiro atoms.